The number of carbonyl (C=O) groups is 3. The molecular formula is C22H23ClN2O5S. The van der Waals surface area contributed by atoms with Gasteiger partial charge in [0.05, 0.1) is 16.9 Å². The van der Waals surface area contributed by atoms with Crippen LogP contribution in [0, 0.1) is 0 Å². The molecule has 2 aromatic carbocycles. The third-order valence-corrected chi connectivity index (χ3v) is 5.64. The van der Waals surface area contributed by atoms with Gasteiger partial charge in [0.25, 0.3) is 0 Å². The van der Waals surface area contributed by atoms with Crippen LogP contribution in [0.2, 0.25) is 5.02 Å². The van der Waals surface area contributed by atoms with E-state index < -0.39 is 16.6 Å². The number of rotatable bonds is 8. The molecule has 7 nitrogen and oxygen atoms in total. The minimum absolute atomic E-state index is 0.0596. The lowest BCUT2D eigenvalue weighted by atomic mass is 10.2. The van der Waals surface area contributed by atoms with Gasteiger partial charge >= 0.3 is 5.97 Å². The van der Waals surface area contributed by atoms with Crippen molar-refractivity contribution in [2.24, 2.45) is 0 Å². The van der Waals surface area contributed by atoms with E-state index in [0.29, 0.717) is 22.1 Å². The van der Waals surface area contributed by atoms with Crippen LogP contribution in [0.3, 0.4) is 0 Å². The Balaban J connectivity index is 2.01. The summed E-state index contributed by atoms with van der Waals surface area (Å²) in [6.45, 7) is 4.94. The predicted molar refractivity (Wildman–Crippen MR) is 123 cm³/mol. The van der Waals surface area contributed by atoms with Crippen LogP contribution in [0.5, 0.6) is 5.75 Å². The molecule has 0 heterocycles. The lowest BCUT2D eigenvalue weighted by Gasteiger charge is -2.23. The number of carboxylic acid groups (broad SMARTS) is 1. The van der Waals surface area contributed by atoms with Gasteiger partial charge in [-0.15, -0.1) is 11.8 Å². The second-order valence-corrected chi connectivity index (χ2v) is 9.17. The molecule has 0 aliphatic carbocycles. The van der Waals surface area contributed by atoms with E-state index in [2.05, 4.69) is 10.6 Å². The molecule has 0 saturated carbocycles. The minimum Gasteiger partial charge on any atom is -0.495 e. The molecule has 2 aromatic rings. The first-order valence-corrected chi connectivity index (χ1v) is 10.4. The molecule has 31 heavy (non-hydrogen) atoms. The summed E-state index contributed by atoms with van der Waals surface area (Å²) >= 11 is 7.46. The van der Waals surface area contributed by atoms with Gasteiger partial charge in [-0.05, 0) is 63.2 Å². The number of nitrogens with one attached hydrogen (secondary N) is 2. The summed E-state index contributed by atoms with van der Waals surface area (Å²) in [5, 5.41) is 14.7. The Bertz CT molecular complexity index is 1020. The maximum Gasteiger partial charge on any atom is 0.331 e. The molecule has 0 radical (unpaired) electrons. The number of hydrogen-bond donors (Lipinski definition) is 3. The van der Waals surface area contributed by atoms with Crippen molar-refractivity contribution in [2.45, 2.75) is 30.4 Å². The van der Waals surface area contributed by atoms with E-state index in [1.807, 2.05) is 0 Å². The first kappa shape index (κ1) is 24.3. The third kappa shape index (κ3) is 7.04. The van der Waals surface area contributed by atoms with Crippen LogP contribution >= 0.6 is 23.4 Å². The fourth-order valence-electron chi connectivity index (χ4n) is 2.41. The highest BCUT2D eigenvalue weighted by molar-refractivity contribution is 8.01. The zero-order chi connectivity index (χ0) is 23.2. The Morgan fingerprint density at radius 2 is 1.68 bits per heavy atom. The van der Waals surface area contributed by atoms with Gasteiger partial charge in [-0.2, -0.15) is 0 Å². The molecule has 0 aliphatic rings. The van der Waals surface area contributed by atoms with E-state index in [1.54, 1.807) is 56.3 Å². The van der Waals surface area contributed by atoms with Crippen molar-refractivity contribution in [2.75, 3.05) is 17.7 Å². The summed E-state index contributed by atoms with van der Waals surface area (Å²) in [5.41, 5.74) is 1.02. The fraction of sp³-hybridized carbons (Fsp3) is 0.227. The van der Waals surface area contributed by atoms with Crippen molar-refractivity contribution < 1.29 is 24.2 Å². The van der Waals surface area contributed by atoms with E-state index in [1.165, 1.54) is 25.8 Å². The van der Waals surface area contributed by atoms with Crippen LogP contribution in [0.15, 0.2) is 59.0 Å². The maximum absolute atomic E-state index is 12.8. The van der Waals surface area contributed by atoms with E-state index in [9.17, 15) is 14.4 Å². The lowest BCUT2D eigenvalue weighted by molar-refractivity contribution is -0.132. The zero-order valence-corrected chi connectivity index (χ0v) is 19.1. The quantitative estimate of drug-likeness (QED) is 0.383. The molecule has 164 valence electrons. The molecular weight excluding hydrogens is 440 g/mol. The third-order valence-electron chi connectivity index (χ3n) is 4.14. The molecule has 2 amide bonds. The number of carboxylic acids is 1. The van der Waals surface area contributed by atoms with E-state index in [-0.39, 0.29) is 11.5 Å². The summed E-state index contributed by atoms with van der Waals surface area (Å²) in [6.07, 6.45) is 1.02. The zero-order valence-electron chi connectivity index (χ0n) is 17.5. The number of benzene rings is 2. The van der Waals surface area contributed by atoms with Gasteiger partial charge in [-0.3, -0.25) is 9.59 Å². The van der Waals surface area contributed by atoms with Crippen LogP contribution in [0.4, 0.5) is 11.4 Å². The Kier molecular flexibility index (Phi) is 8.13. The van der Waals surface area contributed by atoms with Gasteiger partial charge in [0.2, 0.25) is 11.8 Å². The highest BCUT2D eigenvalue weighted by Gasteiger charge is 2.29. The van der Waals surface area contributed by atoms with Crippen molar-refractivity contribution in [1.82, 2.24) is 0 Å². The average Bonchev–Trinajstić information content (AvgIpc) is 2.69. The number of aliphatic carboxylic acids is 1. The monoisotopic (exact) mass is 462 g/mol. The Hall–Kier alpha value is -2.97. The van der Waals surface area contributed by atoms with Crippen LogP contribution in [0.1, 0.15) is 20.8 Å². The summed E-state index contributed by atoms with van der Waals surface area (Å²) in [7, 11) is 1.52. The molecule has 3 N–H and O–H groups in total. The van der Waals surface area contributed by atoms with Gasteiger partial charge < -0.3 is 20.5 Å². The fourth-order valence-corrected chi connectivity index (χ4v) is 3.67. The number of ether oxygens (including phenoxy) is 1. The van der Waals surface area contributed by atoms with Crippen LogP contribution in [-0.2, 0) is 14.4 Å². The minimum atomic E-state index is -1.15. The van der Waals surface area contributed by atoms with Crippen molar-refractivity contribution in [3.05, 3.63) is 59.1 Å². The van der Waals surface area contributed by atoms with Gasteiger partial charge in [0.1, 0.15) is 5.75 Å². The van der Waals surface area contributed by atoms with Gasteiger partial charge in [0.15, 0.2) is 0 Å². The molecule has 0 unspecified atom stereocenters. The van der Waals surface area contributed by atoms with Crippen molar-refractivity contribution in [3.63, 3.8) is 0 Å². The summed E-state index contributed by atoms with van der Waals surface area (Å²) in [5.74, 6) is -1.36. The SMILES string of the molecule is COc1ccc(NC(=O)C(C)(C)Sc2ccc(NC(=O)/C=C(/C)C(=O)O)cc2)cc1Cl. The Labute approximate surface area is 189 Å². The molecule has 0 aliphatic heterocycles. The second kappa shape index (κ2) is 10.4. The summed E-state index contributed by atoms with van der Waals surface area (Å²) in [6, 6.07) is 11.9. The molecule has 0 spiro atoms. The first-order chi connectivity index (χ1) is 14.5. The normalized spacial score (nSPS) is 11.6. The Morgan fingerprint density at radius 3 is 2.23 bits per heavy atom. The molecule has 0 aromatic heterocycles. The van der Waals surface area contributed by atoms with E-state index in [0.717, 1.165) is 11.0 Å². The lowest BCUT2D eigenvalue weighted by Crippen LogP contribution is -2.33. The second-order valence-electron chi connectivity index (χ2n) is 7.06. The largest absolute Gasteiger partial charge is 0.495 e. The number of thioether (sulfide) groups is 1. The van der Waals surface area contributed by atoms with E-state index in [4.69, 9.17) is 21.4 Å². The van der Waals surface area contributed by atoms with Gasteiger partial charge in [-0.25, -0.2) is 4.79 Å². The average molecular weight is 463 g/mol. The van der Waals surface area contributed by atoms with Crippen LogP contribution in [0.25, 0.3) is 0 Å². The van der Waals surface area contributed by atoms with E-state index >= 15 is 0 Å². The number of anilines is 2. The van der Waals surface area contributed by atoms with Crippen molar-refractivity contribution in [1.29, 1.82) is 0 Å². The van der Waals surface area contributed by atoms with Crippen molar-refractivity contribution in [3.8, 4) is 5.75 Å². The molecule has 2 rings (SSSR count). The summed E-state index contributed by atoms with van der Waals surface area (Å²) < 4.78 is 4.32. The maximum atomic E-state index is 12.8. The molecule has 0 bridgehead atoms. The van der Waals surface area contributed by atoms with Crippen molar-refractivity contribution >= 4 is 52.5 Å². The number of amides is 2. The highest BCUT2D eigenvalue weighted by atomic mass is 35.5. The molecule has 9 heteroatoms. The van der Waals surface area contributed by atoms with Gasteiger partial charge in [-0.1, -0.05) is 11.6 Å². The Morgan fingerprint density at radius 1 is 1.06 bits per heavy atom. The highest BCUT2D eigenvalue weighted by Crippen LogP contribution is 2.35. The summed E-state index contributed by atoms with van der Waals surface area (Å²) in [4.78, 5) is 36.2. The smallest absolute Gasteiger partial charge is 0.331 e. The molecule has 0 fully saturated rings. The van der Waals surface area contributed by atoms with Crippen LogP contribution < -0.4 is 15.4 Å². The molecule has 0 saturated heterocycles. The number of carbonyl (C=O) groups excluding carboxylic acids is 2. The van der Waals surface area contributed by atoms with Crippen LogP contribution in [-0.4, -0.2) is 34.7 Å². The number of halogens is 1. The van der Waals surface area contributed by atoms with Gasteiger partial charge in [0, 0.05) is 27.9 Å². The topological polar surface area (TPSA) is 105 Å². The molecule has 0 atom stereocenters. The number of hydrogen-bond acceptors (Lipinski definition) is 5. The number of methoxy groups -OCH3 is 1. The predicted octanol–water partition coefficient (Wildman–Crippen LogP) is 4.83. The standard InChI is InChI=1S/C22H23ClN2O5S/c1-13(20(27)28)11-19(26)24-14-5-8-16(9-6-14)31-22(2,3)21(29)25-15-7-10-18(30-4)17(23)12-15/h5-12H,1-4H3,(H,24,26)(H,25,29)(H,27,28)/b13-11-. The first-order valence-electron chi connectivity index (χ1n) is 9.18.